The van der Waals surface area contributed by atoms with Gasteiger partial charge in [0, 0.05) is 125 Å². The summed E-state index contributed by atoms with van der Waals surface area (Å²) >= 11 is 0. The molecule has 21 heteroatoms. The first-order chi connectivity index (χ1) is 40.3. The van der Waals surface area contributed by atoms with Gasteiger partial charge in [0.25, 0.3) is 0 Å². The maximum absolute atomic E-state index is 10.1. The fourth-order valence-corrected chi connectivity index (χ4v) is 7.69. The van der Waals surface area contributed by atoms with E-state index in [4.69, 9.17) is 9.59 Å². The van der Waals surface area contributed by atoms with E-state index < -0.39 is 0 Å². The molecule has 9 heterocycles. The molecular weight excluding hydrogens is 1800 g/mol. The molecule has 0 fully saturated rings. The van der Waals surface area contributed by atoms with Gasteiger partial charge in [-0.05, 0) is 134 Å². The van der Waals surface area contributed by atoms with Crippen LogP contribution in [0.5, 0.6) is 11.5 Å². The fraction of sp³-hybridized carbons (Fsp3) is 0.0462. The van der Waals surface area contributed by atoms with Crippen LogP contribution in [0.25, 0.3) is 90.2 Å². The van der Waals surface area contributed by atoms with Crippen LogP contribution < -0.4 is 15.3 Å². The van der Waals surface area contributed by atoms with E-state index in [1.54, 1.807) is 49.8 Å². The largest absolute Gasteiger partial charge is 2.00 e. The molecule has 0 aliphatic carbocycles. The number of pyridine rings is 6. The standard InChI is InChI=1S/C22H16N2O2.C15H10N.2C9H8N3.C8H7N4.2CHO.Ir.Os.2Pt/c25-21-13-3-1-7-15(21)17-9-5-11-19(23-17)20-12-6-10-18(24-20)16-8-2-4-14-22(16)26;1-2-7-13(8-3-1)15-14-9-5-4-6-12(14)10-11-16-15;2*1-7-6-9(12-11-7)8-4-2-3-5-10-8;1-6-10-8(12-11-6)7-4-2-3-5-9-7;2*1-2;;;;/h1-14,25-26H;1-7,9-11H;2*2-6H,1H3;2-5H,1H3;2*1H;;;;/q;6*-1;;;;+2. The molecule has 86 heavy (non-hydrogen) atoms. The third kappa shape index (κ3) is 20.8. The number of fused-ring (bicyclic) bond motifs is 1. The van der Waals surface area contributed by atoms with Crippen molar-refractivity contribution < 1.29 is 102 Å². The van der Waals surface area contributed by atoms with Crippen molar-refractivity contribution in [3.05, 3.63) is 254 Å². The van der Waals surface area contributed by atoms with Gasteiger partial charge in [0.2, 0.25) is 0 Å². The number of phenols is 2. The van der Waals surface area contributed by atoms with Crippen molar-refractivity contribution in [1.29, 1.82) is 0 Å². The van der Waals surface area contributed by atoms with Crippen molar-refractivity contribution in [2.24, 2.45) is 0 Å². The second kappa shape index (κ2) is 38.2. The van der Waals surface area contributed by atoms with Crippen molar-refractivity contribution in [2.45, 2.75) is 20.8 Å². The molecule has 13 rings (SSSR count). The molecule has 0 saturated carbocycles. The van der Waals surface area contributed by atoms with Gasteiger partial charge in [-0.25, -0.2) is 9.97 Å². The molecule has 0 bridgehead atoms. The molecule has 0 amide bonds. The summed E-state index contributed by atoms with van der Waals surface area (Å²) < 4.78 is 0. The Balaban J connectivity index is 0.000000284. The minimum absolute atomic E-state index is 0. The molecule has 0 aliphatic rings. The maximum Gasteiger partial charge on any atom is 2.00 e. The molecular formula is C65H51IrN13O4OsPt2-4. The molecule has 4 aromatic carbocycles. The number of hydrogen-bond donors (Lipinski definition) is 2. The first kappa shape index (κ1) is 71.5. The Morgan fingerprint density at radius 1 is 0.430 bits per heavy atom. The van der Waals surface area contributed by atoms with Crippen LogP contribution in [0.2, 0.25) is 0 Å². The molecule has 2 N–H and O–H groups in total. The van der Waals surface area contributed by atoms with Gasteiger partial charge in [-0.3, -0.25) is 33.6 Å². The Morgan fingerprint density at radius 2 is 0.872 bits per heavy atom. The van der Waals surface area contributed by atoms with Crippen molar-refractivity contribution in [1.82, 2.24) is 65.5 Å². The SMILES string of the molecule is Cc1cc(-c2ccccn2)[n-]n1.Cc1cc(-c2ccccn2)[n-]n1.Cc1n[n-]c(-c2ccccn2)n1.Oc1ccccc1-c1cccc(-c2cccc(-c3ccccc3O)n2)n1.[CH-]=O.[CH-]=O.[Ir].[Os].[Pt+2].[Pt].[c-]1ccccc1-c1nccc2ccccc12. The normalized spacial score (nSPS) is 9.48. The number of carbonyl (C=O) groups excluding carboxylic acids is 2. The Labute approximate surface area is 553 Å². The smallest absolute Gasteiger partial charge is 0.574 e. The summed E-state index contributed by atoms with van der Waals surface area (Å²) in [6.07, 6.45) is 7.05. The average molecular weight is 1850 g/mol. The molecule has 0 saturated heterocycles. The molecule has 0 aliphatic heterocycles. The number of benzene rings is 4. The Hall–Kier alpha value is -8.80. The van der Waals surface area contributed by atoms with Crippen LogP contribution in [-0.2, 0) is 91.6 Å². The summed E-state index contributed by atoms with van der Waals surface area (Å²) in [4.78, 5) is 45.8. The maximum atomic E-state index is 10.1. The van der Waals surface area contributed by atoms with E-state index in [1.165, 1.54) is 10.8 Å². The van der Waals surface area contributed by atoms with Crippen LogP contribution in [0.15, 0.2) is 231 Å². The molecule has 0 unspecified atom stereocenters. The van der Waals surface area contributed by atoms with Crippen molar-refractivity contribution in [2.75, 3.05) is 0 Å². The van der Waals surface area contributed by atoms with Gasteiger partial charge in [-0.15, -0.1) is 35.9 Å². The molecule has 13 aromatic rings. The van der Waals surface area contributed by atoms with Crippen LogP contribution in [0, 0.1) is 26.8 Å². The van der Waals surface area contributed by atoms with Crippen LogP contribution in [-0.4, -0.2) is 74.0 Å². The van der Waals surface area contributed by atoms with Crippen LogP contribution >= 0.6 is 0 Å². The number of aromatic nitrogens is 13. The van der Waals surface area contributed by atoms with Crippen LogP contribution in [0.3, 0.4) is 0 Å². The number of aromatic hydroxyl groups is 2. The zero-order valence-corrected chi connectivity index (χ0v) is 55.4. The molecule has 9 aromatic heterocycles. The molecule has 441 valence electrons. The van der Waals surface area contributed by atoms with Crippen molar-refractivity contribution in [3.8, 4) is 91.0 Å². The third-order valence-corrected chi connectivity index (χ3v) is 11.4. The number of nitrogens with zero attached hydrogens (tertiary/aromatic N) is 13. The number of hydrogen-bond acceptors (Lipinski definition) is 14. The van der Waals surface area contributed by atoms with Crippen molar-refractivity contribution in [3.63, 3.8) is 0 Å². The van der Waals surface area contributed by atoms with Crippen LogP contribution in [0.1, 0.15) is 17.2 Å². The van der Waals surface area contributed by atoms with Gasteiger partial charge in [0.15, 0.2) is 0 Å². The molecule has 17 nitrogen and oxygen atoms in total. The summed E-state index contributed by atoms with van der Waals surface area (Å²) in [5, 5.41) is 45.9. The van der Waals surface area contributed by atoms with Gasteiger partial charge >= 0.3 is 21.1 Å². The first-order valence-corrected chi connectivity index (χ1v) is 25.1. The number of phenolic OH excluding ortho intramolecular Hbond substituents is 2. The monoisotopic (exact) mass is 1850 g/mol. The van der Waals surface area contributed by atoms with Gasteiger partial charge in [-0.1, -0.05) is 102 Å². The van der Waals surface area contributed by atoms with E-state index in [1.807, 2.05) is 190 Å². The zero-order chi connectivity index (χ0) is 57.9. The summed E-state index contributed by atoms with van der Waals surface area (Å²) in [5.41, 5.74) is 12.2. The van der Waals surface area contributed by atoms with Gasteiger partial charge in [0.05, 0.1) is 28.5 Å². The molecule has 1 radical (unpaired) electrons. The fourth-order valence-electron chi connectivity index (χ4n) is 7.69. The topological polar surface area (TPSA) is 246 Å². The van der Waals surface area contributed by atoms with Gasteiger partial charge in [-0.2, -0.15) is 0 Å². The summed E-state index contributed by atoms with van der Waals surface area (Å²) in [5.74, 6) is 1.64. The minimum atomic E-state index is 0. The summed E-state index contributed by atoms with van der Waals surface area (Å²) in [6, 6.07) is 67.8. The zero-order valence-electron chi connectivity index (χ0n) is 45.9. The predicted molar refractivity (Wildman–Crippen MR) is 316 cm³/mol. The summed E-state index contributed by atoms with van der Waals surface area (Å²) in [7, 11) is 0. The number of para-hydroxylation sites is 2. The second-order valence-corrected chi connectivity index (χ2v) is 17.1. The number of rotatable bonds is 7. The van der Waals surface area contributed by atoms with Gasteiger partial charge < -0.3 is 55.3 Å². The van der Waals surface area contributed by atoms with E-state index in [9.17, 15) is 10.2 Å². The Kier molecular flexibility index (Phi) is 31.8. The number of aryl methyl sites for hydroxylation is 3. The first-order valence-electron chi connectivity index (χ1n) is 25.1. The second-order valence-electron chi connectivity index (χ2n) is 17.1. The molecule has 0 spiro atoms. The van der Waals surface area contributed by atoms with E-state index in [0.717, 1.165) is 51.1 Å². The average Bonchev–Trinajstić information content (AvgIpc) is 3.18. The Bertz CT molecular complexity index is 3750. The third-order valence-electron chi connectivity index (χ3n) is 11.4. The minimum Gasteiger partial charge on any atom is -0.574 e. The van der Waals surface area contributed by atoms with E-state index in [-0.39, 0.29) is 93.5 Å². The van der Waals surface area contributed by atoms with Crippen LogP contribution in [0.4, 0.5) is 0 Å². The quantitative estimate of drug-likeness (QED) is 0.111. The van der Waals surface area contributed by atoms with E-state index in [0.29, 0.717) is 45.6 Å². The Morgan fingerprint density at radius 3 is 1.30 bits per heavy atom. The molecule has 0 atom stereocenters. The summed E-state index contributed by atoms with van der Waals surface area (Å²) in [6.45, 7) is 12.1. The van der Waals surface area contributed by atoms with Gasteiger partial charge in [0.1, 0.15) is 11.5 Å². The predicted octanol–water partition coefficient (Wildman–Crippen LogP) is 11.7. The van der Waals surface area contributed by atoms with Crippen molar-refractivity contribution >= 4 is 24.4 Å². The van der Waals surface area contributed by atoms with E-state index in [2.05, 4.69) is 97.3 Å². The van der Waals surface area contributed by atoms with E-state index >= 15 is 0 Å².